The summed E-state index contributed by atoms with van der Waals surface area (Å²) in [6.45, 7) is 9.62. The van der Waals surface area contributed by atoms with E-state index in [1.807, 2.05) is 6.92 Å². The van der Waals surface area contributed by atoms with Gasteiger partial charge in [-0.2, -0.15) is 0 Å². The summed E-state index contributed by atoms with van der Waals surface area (Å²) in [5.41, 5.74) is 0. The van der Waals surface area contributed by atoms with E-state index < -0.39 is 0 Å². The van der Waals surface area contributed by atoms with Crippen molar-refractivity contribution >= 4 is 5.78 Å². The lowest BCUT2D eigenvalue weighted by atomic mass is 9.92. The van der Waals surface area contributed by atoms with Crippen LogP contribution in [0.5, 0.6) is 0 Å². The molecule has 0 rings (SSSR count). The average Bonchev–Trinajstić information content (AvgIpc) is 2.09. The first-order valence-electron chi connectivity index (χ1n) is 5.46. The maximum absolute atomic E-state index is 10.6. The third kappa shape index (κ3) is 7.07. The van der Waals surface area contributed by atoms with Gasteiger partial charge in [-0.15, -0.1) is 0 Å². The van der Waals surface area contributed by atoms with Crippen molar-refractivity contribution in [3.8, 4) is 0 Å². The molecule has 0 fully saturated rings. The summed E-state index contributed by atoms with van der Waals surface area (Å²) in [4.78, 5) is 10.6. The highest BCUT2D eigenvalue weighted by Gasteiger charge is 2.14. The zero-order valence-corrected chi connectivity index (χ0v) is 9.62. The molecule has 0 aromatic carbocycles. The van der Waals surface area contributed by atoms with Gasteiger partial charge in [0, 0.05) is 13.3 Å². The molecule has 0 aliphatic carbocycles. The number of carbonyl (C=O) groups is 1. The molecule has 0 spiro atoms. The Morgan fingerprint density at radius 1 is 1.21 bits per heavy atom. The van der Waals surface area contributed by atoms with E-state index in [2.05, 4.69) is 20.8 Å². The molecule has 83 valence electrons. The van der Waals surface area contributed by atoms with Gasteiger partial charge in [-0.3, -0.25) is 4.79 Å². The molecule has 14 heavy (non-hydrogen) atoms. The van der Waals surface area contributed by atoms with Crippen molar-refractivity contribution in [2.75, 3.05) is 0 Å². The molecule has 0 bridgehead atoms. The van der Waals surface area contributed by atoms with E-state index in [9.17, 15) is 9.90 Å². The topological polar surface area (TPSA) is 37.3 Å². The highest BCUT2D eigenvalue weighted by Crippen LogP contribution is 2.17. The first-order valence-corrected chi connectivity index (χ1v) is 5.46. The number of ketones is 1. The third-order valence-electron chi connectivity index (χ3n) is 2.58. The van der Waals surface area contributed by atoms with E-state index in [4.69, 9.17) is 0 Å². The summed E-state index contributed by atoms with van der Waals surface area (Å²) < 4.78 is 0. The van der Waals surface area contributed by atoms with Gasteiger partial charge in [0.25, 0.3) is 0 Å². The minimum atomic E-state index is -0.267. The van der Waals surface area contributed by atoms with Gasteiger partial charge in [-0.1, -0.05) is 20.8 Å². The summed E-state index contributed by atoms with van der Waals surface area (Å²) in [5.74, 6) is 0.804. The van der Waals surface area contributed by atoms with Gasteiger partial charge in [0.2, 0.25) is 0 Å². The van der Waals surface area contributed by atoms with E-state index in [0.29, 0.717) is 12.3 Å². The summed E-state index contributed by atoms with van der Waals surface area (Å²) in [5, 5.41) is 9.75. The lowest BCUT2D eigenvalue weighted by Gasteiger charge is -2.19. The molecule has 2 nitrogen and oxygen atoms in total. The first kappa shape index (κ1) is 13.6. The molecule has 2 atom stereocenters. The Kier molecular flexibility index (Phi) is 6.81. The van der Waals surface area contributed by atoms with Gasteiger partial charge in [0.15, 0.2) is 0 Å². The van der Waals surface area contributed by atoms with Crippen LogP contribution in [0.1, 0.15) is 46.5 Å². The second-order valence-electron chi connectivity index (χ2n) is 4.59. The Balaban J connectivity index is 3.64. The predicted octanol–water partition coefficient (Wildman–Crippen LogP) is 2.60. The van der Waals surface area contributed by atoms with Crippen LogP contribution < -0.4 is 0 Å². The highest BCUT2D eigenvalue weighted by atomic mass is 16.3. The van der Waals surface area contributed by atoms with Gasteiger partial charge in [0.1, 0.15) is 5.78 Å². The van der Waals surface area contributed by atoms with E-state index >= 15 is 0 Å². The molecule has 0 aliphatic heterocycles. The fraction of sp³-hybridized carbons (Fsp3) is 0.833. The standard InChI is InChI=1S/C12H23O2/c1-9(2)5-8-12(14)10(3)6-7-11(4)13/h9-10,12,14H,4-8H2,1-3H3. The molecular weight excluding hydrogens is 176 g/mol. The highest BCUT2D eigenvalue weighted by molar-refractivity contribution is 5.82. The molecule has 0 aromatic heterocycles. The Hall–Kier alpha value is -0.370. The fourth-order valence-electron chi connectivity index (χ4n) is 1.37. The van der Waals surface area contributed by atoms with Crippen LogP contribution in [0.25, 0.3) is 0 Å². The zero-order chi connectivity index (χ0) is 11.1. The van der Waals surface area contributed by atoms with Crippen molar-refractivity contribution < 1.29 is 9.90 Å². The number of hydrogen-bond acceptors (Lipinski definition) is 2. The number of rotatable bonds is 7. The zero-order valence-electron chi connectivity index (χ0n) is 9.62. The van der Waals surface area contributed by atoms with Gasteiger partial charge in [0.05, 0.1) is 6.10 Å². The van der Waals surface area contributed by atoms with Crippen LogP contribution in [0.3, 0.4) is 0 Å². The van der Waals surface area contributed by atoms with Crippen LogP contribution in [0, 0.1) is 18.8 Å². The largest absolute Gasteiger partial charge is 0.393 e. The number of Topliss-reactive ketones (excluding diaryl/α,β-unsaturated/α-hetero) is 1. The number of aliphatic hydroxyl groups is 1. The molecule has 2 unspecified atom stereocenters. The summed E-state index contributed by atoms with van der Waals surface area (Å²) in [6.07, 6.45) is 2.85. The minimum Gasteiger partial charge on any atom is -0.393 e. The molecule has 0 aliphatic rings. The lowest BCUT2D eigenvalue weighted by Crippen LogP contribution is -2.18. The van der Waals surface area contributed by atoms with Crippen LogP contribution in [0.2, 0.25) is 0 Å². The van der Waals surface area contributed by atoms with Crippen LogP contribution >= 0.6 is 0 Å². The first-order chi connectivity index (χ1) is 6.43. The molecule has 0 heterocycles. The molecule has 1 N–H and O–H groups in total. The molecule has 0 amide bonds. The summed E-state index contributed by atoms with van der Waals surface area (Å²) >= 11 is 0. The number of carbonyl (C=O) groups excluding carboxylic acids is 1. The van der Waals surface area contributed by atoms with Crippen LogP contribution in [-0.2, 0) is 4.79 Å². The molecule has 1 radical (unpaired) electrons. The van der Waals surface area contributed by atoms with Crippen molar-refractivity contribution in [2.45, 2.75) is 52.6 Å². The Morgan fingerprint density at radius 3 is 2.21 bits per heavy atom. The SMILES string of the molecule is [CH2]C(=O)CCC(C)C(O)CCC(C)C. The number of aliphatic hydroxyl groups excluding tert-OH is 1. The maximum atomic E-state index is 10.6. The monoisotopic (exact) mass is 199 g/mol. The van der Waals surface area contributed by atoms with E-state index in [-0.39, 0.29) is 17.8 Å². The van der Waals surface area contributed by atoms with Gasteiger partial charge in [-0.25, -0.2) is 0 Å². The second kappa shape index (κ2) is 6.99. The third-order valence-corrected chi connectivity index (χ3v) is 2.58. The summed E-state index contributed by atoms with van der Waals surface area (Å²) in [7, 11) is 0. The van der Waals surface area contributed by atoms with Crippen LogP contribution in [0.4, 0.5) is 0 Å². The van der Waals surface area contributed by atoms with E-state index in [1.54, 1.807) is 0 Å². The minimum absolute atomic E-state index is 0.0343. The van der Waals surface area contributed by atoms with E-state index in [0.717, 1.165) is 19.3 Å². The van der Waals surface area contributed by atoms with Crippen LogP contribution in [-0.4, -0.2) is 17.0 Å². The van der Waals surface area contributed by atoms with Crippen molar-refractivity contribution in [1.82, 2.24) is 0 Å². The van der Waals surface area contributed by atoms with Crippen molar-refractivity contribution in [2.24, 2.45) is 11.8 Å². The Bertz CT molecular complexity index is 164. The molecular formula is C12H23O2. The van der Waals surface area contributed by atoms with Gasteiger partial charge in [-0.05, 0) is 31.1 Å². The maximum Gasteiger partial charge on any atom is 0.133 e. The predicted molar refractivity (Wildman–Crippen MR) is 58.8 cm³/mol. The van der Waals surface area contributed by atoms with Crippen molar-refractivity contribution in [1.29, 1.82) is 0 Å². The average molecular weight is 199 g/mol. The van der Waals surface area contributed by atoms with Gasteiger partial charge >= 0.3 is 0 Å². The van der Waals surface area contributed by atoms with Crippen LogP contribution in [0.15, 0.2) is 0 Å². The smallest absolute Gasteiger partial charge is 0.133 e. The Labute approximate surface area is 87.7 Å². The van der Waals surface area contributed by atoms with Gasteiger partial charge < -0.3 is 5.11 Å². The normalized spacial score (nSPS) is 15.6. The fourth-order valence-corrected chi connectivity index (χ4v) is 1.37. The molecule has 0 saturated heterocycles. The number of hydrogen-bond donors (Lipinski definition) is 1. The summed E-state index contributed by atoms with van der Waals surface area (Å²) in [6, 6.07) is 0. The quantitative estimate of drug-likeness (QED) is 0.684. The van der Waals surface area contributed by atoms with Crippen molar-refractivity contribution in [3.63, 3.8) is 0 Å². The molecule has 0 saturated carbocycles. The van der Waals surface area contributed by atoms with E-state index in [1.165, 1.54) is 0 Å². The van der Waals surface area contributed by atoms with Crippen molar-refractivity contribution in [3.05, 3.63) is 6.92 Å². The molecule has 0 aromatic rings. The molecule has 2 heteroatoms. The Morgan fingerprint density at radius 2 is 1.79 bits per heavy atom. The lowest BCUT2D eigenvalue weighted by molar-refractivity contribution is -0.115. The second-order valence-corrected chi connectivity index (χ2v) is 4.59.